The molecule has 0 unspecified atom stereocenters. The van der Waals surface area contributed by atoms with Crippen molar-refractivity contribution < 1.29 is 0 Å². The van der Waals surface area contributed by atoms with E-state index in [-0.39, 0.29) is 0 Å². The van der Waals surface area contributed by atoms with E-state index in [1.807, 2.05) is 32.0 Å². The van der Waals surface area contributed by atoms with Crippen molar-refractivity contribution in [3.05, 3.63) is 48.0 Å². The van der Waals surface area contributed by atoms with E-state index in [0.29, 0.717) is 0 Å². The smallest absolute Gasteiger partial charge is 0.0328 e. The van der Waals surface area contributed by atoms with Gasteiger partial charge in [-0.3, -0.25) is 0 Å². The minimum Gasteiger partial charge on any atom is -0.0917 e. The Morgan fingerprint density at radius 2 is 1.56 bits per heavy atom. The quantitative estimate of drug-likeness (QED) is 0.567. The molecule has 0 aliphatic carbocycles. The first-order valence-corrected chi connectivity index (χ1v) is 6.29. The molecule has 0 saturated carbocycles. The Balaban J connectivity index is 0. The van der Waals surface area contributed by atoms with Crippen LogP contribution in [-0.4, -0.2) is 0 Å². The van der Waals surface area contributed by atoms with E-state index in [9.17, 15) is 0 Å². The molecular weight excluding hydrogens is 192 g/mol. The Bertz CT molecular complexity index is 231. The van der Waals surface area contributed by atoms with Crippen LogP contribution in [0, 0.1) is 12.8 Å². The molecule has 0 atom stereocenters. The van der Waals surface area contributed by atoms with Crippen LogP contribution in [0.15, 0.2) is 42.5 Å². The third kappa shape index (κ3) is 15.4. The predicted molar refractivity (Wildman–Crippen MR) is 76.8 cm³/mol. The number of allylic oxidation sites excluding steroid dienone is 2. The monoisotopic (exact) mass is 220 g/mol. The number of hydrogen-bond donors (Lipinski definition) is 0. The Morgan fingerprint density at radius 1 is 1.06 bits per heavy atom. The average Bonchev–Trinajstić information content (AvgIpc) is 2.31. The van der Waals surface area contributed by atoms with Gasteiger partial charge in [0.25, 0.3) is 0 Å². The molecule has 0 aromatic heterocycles. The van der Waals surface area contributed by atoms with Crippen LogP contribution in [0.4, 0.5) is 0 Å². The molecule has 0 radical (unpaired) electrons. The summed E-state index contributed by atoms with van der Waals surface area (Å²) in [6, 6.07) is 10.3. The number of benzene rings is 1. The van der Waals surface area contributed by atoms with E-state index in [2.05, 4.69) is 52.0 Å². The topological polar surface area (TPSA) is 0 Å². The summed E-state index contributed by atoms with van der Waals surface area (Å²) in [5.74, 6) is 0.816. The summed E-state index contributed by atoms with van der Waals surface area (Å²) in [5, 5.41) is 0. The first-order chi connectivity index (χ1) is 7.66. The highest BCUT2D eigenvalue weighted by Gasteiger charge is 1.83. The van der Waals surface area contributed by atoms with Gasteiger partial charge < -0.3 is 0 Å². The van der Waals surface area contributed by atoms with Crippen molar-refractivity contribution >= 4 is 0 Å². The van der Waals surface area contributed by atoms with Crippen molar-refractivity contribution in [2.75, 3.05) is 0 Å². The Morgan fingerprint density at radius 3 is 1.75 bits per heavy atom. The van der Waals surface area contributed by atoms with Crippen molar-refractivity contribution in [1.29, 1.82) is 0 Å². The van der Waals surface area contributed by atoms with E-state index in [1.165, 1.54) is 12.0 Å². The lowest BCUT2D eigenvalue weighted by Crippen LogP contribution is -1.79. The molecule has 0 spiro atoms. The van der Waals surface area contributed by atoms with Gasteiger partial charge in [0.1, 0.15) is 0 Å². The van der Waals surface area contributed by atoms with Crippen molar-refractivity contribution in [1.82, 2.24) is 0 Å². The minimum atomic E-state index is 0.816. The first kappa shape index (κ1) is 17.4. The predicted octanol–water partition coefficient (Wildman–Crippen LogP) is 5.63. The zero-order chi connectivity index (χ0) is 12.8. The molecule has 1 aromatic rings. The lowest BCUT2D eigenvalue weighted by Gasteiger charge is -1.93. The molecule has 0 aliphatic rings. The summed E-state index contributed by atoms with van der Waals surface area (Å²) >= 11 is 0. The number of aryl methyl sites for hydroxylation is 1. The maximum absolute atomic E-state index is 2.22. The van der Waals surface area contributed by atoms with Crippen LogP contribution >= 0.6 is 0 Å². The van der Waals surface area contributed by atoms with Gasteiger partial charge in [-0.25, -0.2) is 0 Å². The van der Waals surface area contributed by atoms with Crippen molar-refractivity contribution in [2.45, 2.75) is 48.0 Å². The normalized spacial score (nSPS) is 9.19. The lowest BCUT2D eigenvalue weighted by molar-refractivity contribution is 0.663. The molecule has 1 rings (SSSR count). The molecule has 0 amide bonds. The third-order valence-electron chi connectivity index (χ3n) is 1.78. The first-order valence-electron chi connectivity index (χ1n) is 6.29. The summed E-state index contributed by atoms with van der Waals surface area (Å²) in [6.07, 6.45) is 5.52. The Hall–Kier alpha value is -1.04. The molecule has 0 heterocycles. The fourth-order valence-corrected chi connectivity index (χ4v) is 0.943. The standard InChI is InChI=1S/C7H8.C7H14.C2H6/c1-7-5-3-2-4-6-7;1-4-5-6-7(2)3;1-2/h2-6H,1H3;4-5,7H,6H2,1-3H3;1-2H3/b;5-4-;. The van der Waals surface area contributed by atoms with Gasteiger partial charge in [-0.1, -0.05) is 75.7 Å². The molecular formula is C16H28. The van der Waals surface area contributed by atoms with Crippen LogP contribution in [-0.2, 0) is 0 Å². The van der Waals surface area contributed by atoms with Crippen LogP contribution in [0.2, 0.25) is 0 Å². The average molecular weight is 220 g/mol. The van der Waals surface area contributed by atoms with Gasteiger partial charge in [0.2, 0.25) is 0 Å². The molecule has 0 saturated heterocycles. The Kier molecular flexibility index (Phi) is 15.1. The second-order valence-electron chi connectivity index (χ2n) is 3.85. The van der Waals surface area contributed by atoms with Crippen molar-refractivity contribution in [3.8, 4) is 0 Å². The van der Waals surface area contributed by atoms with E-state index in [0.717, 1.165) is 5.92 Å². The molecule has 92 valence electrons. The highest BCUT2D eigenvalue weighted by Crippen LogP contribution is 1.98. The zero-order valence-electron chi connectivity index (χ0n) is 11.8. The summed E-state index contributed by atoms with van der Waals surface area (Å²) < 4.78 is 0. The summed E-state index contributed by atoms with van der Waals surface area (Å²) in [7, 11) is 0. The van der Waals surface area contributed by atoms with Crippen LogP contribution < -0.4 is 0 Å². The van der Waals surface area contributed by atoms with Gasteiger partial charge in [0.05, 0.1) is 0 Å². The molecule has 0 aliphatic heterocycles. The number of hydrogen-bond acceptors (Lipinski definition) is 0. The molecule has 0 fully saturated rings. The van der Waals surface area contributed by atoms with Crippen LogP contribution in [0.3, 0.4) is 0 Å². The number of rotatable bonds is 2. The van der Waals surface area contributed by atoms with Gasteiger partial charge in [-0.05, 0) is 26.2 Å². The van der Waals surface area contributed by atoms with E-state index < -0.39 is 0 Å². The SMILES string of the molecule is C/C=C\CC(C)C.CC.Cc1ccccc1. The van der Waals surface area contributed by atoms with Gasteiger partial charge >= 0.3 is 0 Å². The highest BCUT2D eigenvalue weighted by molar-refractivity contribution is 5.11. The Labute approximate surface area is 102 Å². The molecule has 0 N–H and O–H groups in total. The van der Waals surface area contributed by atoms with E-state index in [4.69, 9.17) is 0 Å². The molecule has 0 heteroatoms. The van der Waals surface area contributed by atoms with E-state index >= 15 is 0 Å². The van der Waals surface area contributed by atoms with Crippen LogP contribution in [0.25, 0.3) is 0 Å². The minimum absolute atomic E-state index is 0.816. The molecule has 0 bridgehead atoms. The fourth-order valence-electron chi connectivity index (χ4n) is 0.943. The molecule has 1 aromatic carbocycles. The van der Waals surface area contributed by atoms with Gasteiger partial charge in [0.15, 0.2) is 0 Å². The second-order valence-corrected chi connectivity index (χ2v) is 3.85. The molecule has 0 nitrogen and oxygen atoms in total. The maximum Gasteiger partial charge on any atom is -0.0328 e. The van der Waals surface area contributed by atoms with Gasteiger partial charge in [-0.2, -0.15) is 0 Å². The summed E-state index contributed by atoms with van der Waals surface area (Å²) in [4.78, 5) is 0. The van der Waals surface area contributed by atoms with Crippen LogP contribution in [0.1, 0.15) is 46.6 Å². The summed E-state index contributed by atoms with van der Waals surface area (Å²) in [6.45, 7) is 12.6. The van der Waals surface area contributed by atoms with Crippen LogP contribution in [0.5, 0.6) is 0 Å². The van der Waals surface area contributed by atoms with Crippen molar-refractivity contribution in [2.24, 2.45) is 5.92 Å². The molecule has 16 heavy (non-hydrogen) atoms. The third-order valence-corrected chi connectivity index (χ3v) is 1.78. The van der Waals surface area contributed by atoms with Gasteiger partial charge in [-0.15, -0.1) is 0 Å². The lowest BCUT2D eigenvalue weighted by atomic mass is 10.1. The van der Waals surface area contributed by atoms with Gasteiger partial charge in [0, 0.05) is 0 Å². The van der Waals surface area contributed by atoms with E-state index in [1.54, 1.807) is 0 Å². The maximum atomic E-state index is 2.22. The second kappa shape index (κ2) is 14.0. The summed E-state index contributed by atoms with van der Waals surface area (Å²) in [5.41, 5.74) is 1.32. The van der Waals surface area contributed by atoms with Crippen molar-refractivity contribution in [3.63, 3.8) is 0 Å². The largest absolute Gasteiger partial charge is 0.0917 e. The zero-order valence-corrected chi connectivity index (χ0v) is 11.8. The highest BCUT2D eigenvalue weighted by atomic mass is 13.9. The fraction of sp³-hybridized carbons (Fsp3) is 0.500.